The normalized spacial score (nSPS) is 14.1. The second-order valence-corrected chi connectivity index (χ2v) is 5.71. The maximum absolute atomic E-state index is 6.04. The standard InChI is InChI=1S/C14H32N2/c1-6-7-8-13(15)9-16-10-14(11(2)3)12(4)5/h11-14,16H,6-10,15H2,1-5H3. The fourth-order valence-corrected chi connectivity index (χ4v) is 2.24. The topological polar surface area (TPSA) is 38.0 Å². The van der Waals surface area contributed by atoms with E-state index in [1.165, 1.54) is 12.8 Å². The predicted molar refractivity (Wildman–Crippen MR) is 73.5 cm³/mol. The van der Waals surface area contributed by atoms with Gasteiger partial charge in [0, 0.05) is 12.6 Å². The average Bonchev–Trinajstić information content (AvgIpc) is 2.20. The Labute approximate surface area is 102 Å². The quantitative estimate of drug-likeness (QED) is 0.636. The van der Waals surface area contributed by atoms with Crippen molar-refractivity contribution >= 4 is 0 Å². The largest absolute Gasteiger partial charge is 0.327 e. The maximum Gasteiger partial charge on any atom is 0.0165 e. The Bertz CT molecular complexity index is 147. The van der Waals surface area contributed by atoms with E-state index < -0.39 is 0 Å². The Balaban J connectivity index is 3.69. The molecule has 1 unspecified atom stereocenters. The molecular weight excluding hydrogens is 196 g/mol. The Morgan fingerprint density at radius 2 is 1.56 bits per heavy atom. The molecule has 0 fully saturated rings. The van der Waals surface area contributed by atoms with Gasteiger partial charge >= 0.3 is 0 Å². The number of hydrogen-bond acceptors (Lipinski definition) is 2. The molecule has 98 valence electrons. The van der Waals surface area contributed by atoms with Crippen molar-refractivity contribution < 1.29 is 0 Å². The van der Waals surface area contributed by atoms with Crippen molar-refractivity contribution in [2.24, 2.45) is 23.5 Å². The molecular formula is C14H32N2. The molecule has 2 heteroatoms. The Morgan fingerprint density at radius 1 is 1.00 bits per heavy atom. The van der Waals surface area contributed by atoms with E-state index in [-0.39, 0.29) is 0 Å². The molecule has 0 aliphatic heterocycles. The van der Waals surface area contributed by atoms with Crippen molar-refractivity contribution in [3.05, 3.63) is 0 Å². The smallest absolute Gasteiger partial charge is 0.0165 e. The number of nitrogens with two attached hydrogens (primary N) is 1. The number of rotatable bonds is 9. The van der Waals surface area contributed by atoms with Crippen LogP contribution in [0.25, 0.3) is 0 Å². The first kappa shape index (κ1) is 15.9. The Morgan fingerprint density at radius 3 is 2.00 bits per heavy atom. The molecule has 16 heavy (non-hydrogen) atoms. The molecule has 0 aromatic carbocycles. The highest BCUT2D eigenvalue weighted by atomic mass is 14.9. The van der Waals surface area contributed by atoms with E-state index in [0.717, 1.165) is 37.3 Å². The van der Waals surface area contributed by atoms with Crippen LogP contribution in [0.1, 0.15) is 53.9 Å². The van der Waals surface area contributed by atoms with Crippen molar-refractivity contribution in [3.8, 4) is 0 Å². The third kappa shape index (κ3) is 7.24. The summed E-state index contributed by atoms with van der Waals surface area (Å²) < 4.78 is 0. The lowest BCUT2D eigenvalue weighted by molar-refractivity contribution is 0.273. The molecule has 0 saturated heterocycles. The first-order valence-corrected chi connectivity index (χ1v) is 6.95. The molecule has 0 saturated carbocycles. The molecule has 0 bridgehead atoms. The summed E-state index contributed by atoms with van der Waals surface area (Å²) in [5.41, 5.74) is 6.04. The van der Waals surface area contributed by atoms with Crippen LogP contribution in [0, 0.1) is 17.8 Å². The highest BCUT2D eigenvalue weighted by molar-refractivity contribution is 4.72. The fourth-order valence-electron chi connectivity index (χ4n) is 2.24. The van der Waals surface area contributed by atoms with Crippen molar-refractivity contribution in [1.82, 2.24) is 5.32 Å². The van der Waals surface area contributed by atoms with E-state index in [1.807, 2.05) is 0 Å². The van der Waals surface area contributed by atoms with E-state index in [4.69, 9.17) is 5.73 Å². The van der Waals surface area contributed by atoms with Gasteiger partial charge in [-0.1, -0.05) is 47.5 Å². The zero-order valence-corrected chi connectivity index (χ0v) is 11.9. The van der Waals surface area contributed by atoms with E-state index in [2.05, 4.69) is 39.9 Å². The molecule has 0 aromatic rings. The van der Waals surface area contributed by atoms with Gasteiger partial charge in [-0.15, -0.1) is 0 Å². The van der Waals surface area contributed by atoms with Crippen LogP contribution in [0.15, 0.2) is 0 Å². The summed E-state index contributed by atoms with van der Waals surface area (Å²) in [5.74, 6) is 2.26. The van der Waals surface area contributed by atoms with Crippen molar-refractivity contribution in [2.45, 2.75) is 59.9 Å². The summed E-state index contributed by atoms with van der Waals surface area (Å²) in [5, 5.41) is 3.53. The van der Waals surface area contributed by atoms with E-state index >= 15 is 0 Å². The summed E-state index contributed by atoms with van der Waals surface area (Å²) in [6.07, 6.45) is 3.65. The third-order valence-electron chi connectivity index (χ3n) is 3.43. The molecule has 0 spiro atoms. The van der Waals surface area contributed by atoms with Gasteiger partial charge in [-0.05, 0) is 30.7 Å². The number of nitrogens with one attached hydrogen (secondary N) is 1. The zero-order valence-electron chi connectivity index (χ0n) is 11.9. The first-order valence-electron chi connectivity index (χ1n) is 6.95. The Kier molecular flexibility index (Phi) is 8.96. The van der Waals surface area contributed by atoms with Crippen LogP contribution in [0.5, 0.6) is 0 Å². The van der Waals surface area contributed by atoms with E-state index in [0.29, 0.717) is 6.04 Å². The van der Waals surface area contributed by atoms with Crippen molar-refractivity contribution in [1.29, 1.82) is 0 Å². The molecule has 1 atom stereocenters. The lowest BCUT2D eigenvalue weighted by Crippen LogP contribution is -2.38. The Hall–Kier alpha value is -0.0800. The van der Waals surface area contributed by atoms with Crippen LogP contribution in [0.2, 0.25) is 0 Å². The first-order chi connectivity index (χ1) is 7.49. The molecule has 0 aliphatic rings. The van der Waals surface area contributed by atoms with E-state index in [1.54, 1.807) is 0 Å². The molecule has 2 nitrogen and oxygen atoms in total. The van der Waals surface area contributed by atoms with Crippen LogP contribution in [-0.2, 0) is 0 Å². The van der Waals surface area contributed by atoms with Gasteiger partial charge in [0.1, 0.15) is 0 Å². The molecule has 0 rings (SSSR count). The summed E-state index contributed by atoms with van der Waals surface area (Å²) in [7, 11) is 0. The predicted octanol–water partition coefficient (Wildman–Crippen LogP) is 3.02. The minimum absolute atomic E-state index is 0.333. The summed E-state index contributed by atoms with van der Waals surface area (Å²) in [4.78, 5) is 0. The van der Waals surface area contributed by atoms with Gasteiger partial charge in [-0.2, -0.15) is 0 Å². The van der Waals surface area contributed by atoms with Gasteiger partial charge in [0.2, 0.25) is 0 Å². The summed E-state index contributed by atoms with van der Waals surface area (Å²) >= 11 is 0. The third-order valence-corrected chi connectivity index (χ3v) is 3.43. The number of hydrogen-bond donors (Lipinski definition) is 2. The maximum atomic E-state index is 6.04. The van der Waals surface area contributed by atoms with Gasteiger partial charge in [0.15, 0.2) is 0 Å². The molecule has 0 aromatic heterocycles. The average molecular weight is 228 g/mol. The monoisotopic (exact) mass is 228 g/mol. The van der Waals surface area contributed by atoms with Crippen molar-refractivity contribution in [3.63, 3.8) is 0 Å². The fraction of sp³-hybridized carbons (Fsp3) is 1.00. The molecule has 0 aliphatic carbocycles. The van der Waals surface area contributed by atoms with Crippen molar-refractivity contribution in [2.75, 3.05) is 13.1 Å². The second kappa shape index (κ2) is 9.00. The van der Waals surface area contributed by atoms with E-state index in [9.17, 15) is 0 Å². The zero-order chi connectivity index (χ0) is 12.6. The molecule has 0 heterocycles. The molecule has 0 radical (unpaired) electrons. The van der Waals surface area contributed by atoms with Crippen LogP contribution in [0.3, 0.4) is 0 Å². The summed E-state index contributed by atoms with van der Waals surface area (Å²) in [6.45, 7) is 13.5. The molecule has 3 N–H and O–H groups in total. The minimum atomic E-state index is 0.333. The van der Waals surface area contributed by atoms with Crippen LogP contribution < -0.4 is 11.1 Å². The van der Waals surface area contributed by atoms with Gasteiger partial charge in [0.25, 0.3) is 0 Å². The van der Waals surface area contributed by atoms with Gasteiger partial charge in [0.05, 0.1) is 0 Å². The highest BCUT2D eigenvalue weighted by Crippen LogP contribution is 2.19. The molecule has 0 amide bonds. The van der Waals surface area contributed by atoms with Gasteiger partial charge in [-0.3, -0.25) is 0 Å². The van der Waals surface area contributed by atoms with Crippen LogP contribution in [-0.4, -0.2) is 19.1 Å². The number of unbranched alkanes of at least 4 members (excludes halogenated alkanes) is 1. The minimum Gasteiger partial charge on any atom is -0.327 e. The SMILES string of the molecule is CCCCC(N)CNCC(C(C)C)C(C)C. The van der Waals surface area contributed by atoms with Gasteiger partial charge in [-0.25, -0.2) is 0 Å². The lowest BCUT2D eigenvalue weighted by atomic mass is 9.85. The second-order valence-electron chi connectivity index (χ2n) is 5.71. The summed E-state index contributed by atoms with van der Waals surface area (Å²) in [6, 6.07) is 0.333. The van der Waals surface area contributed by atoms with Crippen LogP contribution in [0.4, 0.5) is 0 Å². The van der Waals surface area contributed by atoms with Gasteiger partial charge < -0.3 is 11.1 Å². The highest BCUT2D eigenvalue weighted by Gasteiger charge is 2.16. The lowest BCUT2D eigenvalue weighted by Gasteiger charge is -2.26. The van der Waals surface area contributed by atoms with Crippen LogP contribution >= 0.6 is 0 Å².